The van der Waals surface area contributed by atoms with Gasteiger partial charge in [-0.1, -0.05) is 15.9 Å². The lowest BCUT2D eigenvalue weighted by molar-refractivity contribution is 0.0463. The van der Waals surface area contributed by atoms with Crippen LogP contribution in [-0.4, -0.2) is 5.97 Å². The summed E-state index contributed by atoms with van der Waals surface area (Å²) < 4.78 is 45.3. The SMILES string of the molecule is Nc1cc(C(=O)OCc2cc(Br)ccc2F)c(F)cc1F. The van der Waals surface area contributed by atoms with Gasteiger partial charge < -0.3 is 10.5 Å². The van der Waals surface area contributed by atoms with E-state index in [0.29, 0.717) is 10.5 Å². The Morgan fingerprint density at radius 2 is 1.81 bits per heavy atom. The zero-order chi connectivity index (χ0) is 15.6. The number of carbonyl (C=O) groups is 1. The third kappa shape index (κ3) is 3.55. The maximum atomic E-state index is 13.5. The lowest BCUT2D eigenvalue weighted by Crippen LogP contribution is -2.10. The van der Waals surface area contributed by atoms with Crippen LogP contribution in [0.5, 0.6) is 0 Å². The minimum Gasteiger partial charge on any atom is -0.457 e. The molecule has 3 nitrogen and oxygen atoms in total. The first kappa shape index (κ1) is 15.4. The van der Waals surface area contributed by atoms with E-state index >= 15 is 0 Å². The molecule has 110 valence electrons. The van der Waals surface area contributed by atoms with Gasteiger partial charge in [-0.15, -0.1) is 0 Å². The van der Waals surface area contributed by atoms with Crippen molar-refractivity contribution in [3.05, 3.63) is 63.4 Å². The lowest BCUT2D eigenvalue weighted by Gasteiger charge is -2.08. The summed E-state index contributed by atoms with van der Waals surface area (Å²) in [6, 6.07) is 5.44. The van der Waals surface area contributed by atoms with E-state index in [1.54, 1.807) is 0 Å². The van der Waals surface area contributed by atoms with Crippen molar-refractivity contribution in [1.82, 2.24) is 0 Å². The number of anilines is 1. The van der Waals surface area contributed by atoms with Crippen LogP contribution in [0.15, 0.2) is 34.8 Å². The number of esters is 1. The Bertz CT molecular complexity index is 707. The smallest absolute Gasteiger partial charge is 0.341 e. The molecule has 0 heterocycles. The van der Waals surface area contributed by atoms with Gasteiger partial charge in [0, 0.05) is 16.1 Å². The molecule has 0 saturated carbocycles. The fourth-order valence-corrected chi connectivity index (χ4v) is 2.01. The number of halogens is 4. The Morgan fingerprint density at radius 3 is 2.52 bits per heavy atom. The molecule has 0 aliphatic heterocycles. The first-order valence-corrected chi connectivity index (χ1v) is 6.53. The quantitative estimate of drug-likeness (QED) is 0.669. The Labute approximate surface area is 126 Å². The normalized spacial score (nSPS) is 10.5. The van der Waals surface area contributed by atoms with Gasteiger partial charge in [-0.25, -0.2) is 18.0 Å². The minimum absolute atomic E-state index is 0.119. The molecule has 0 spiro atoms. The van der Waals surface area contributed by atoms with Crippen molar-refractivity contribution >= 4 is 27.6 Å². The van der Waals surface area contributed by atoms with Crippen LogP contribution in [0.3, 0.4) is 0 Å². The standard InChI is InChI=1S/C14H9BrF3NO2/c15-8-1-2-10(16)7(3-8)6-21-14(20)9-4-13(19)12(18)5-11(9)17/h1-5H,6,19H2. The van der Waals surface area contributed by atoms with Crippen LogP contribution < -0.4 is 5.73 Å². The van der Waals surface area contributed by atoms with Crippen LogP contribution in [-0.2, 0) is 11.3 Å². The van der Waals surface area contributed by atoms with Crippen LogP contribution in [0.1, 0.15) is 15.9 Å². The van der Waals surface area contributed by atoms with E-state index in [0.717, 1.165) is 6.07 Å². The molecule has 0 bridgehead atoms. The molecule has 2 aromatic rings. The zero-order valence-corrected chi connectivity index (χ0v) is 12.1. The Hall–Kier alpha value is -2.02. The van der Waals surface area contributed by atoms with E-state index in [4.69, 9.17) is 10.5 Å². The van der Waals surface area contributed by atoms with Gasteiger partial charge in [-0.2, -0.15) is 0 Å². The Balaban J connectivity index is 2.15. The van der Waals surface area contributed by atoms with Crippen LogP contribution in [0.4, 0.5) is 18.9 Å². The highest BCUT2D eigenvalue weighted by Gasteiger charge is 2.17. The third-order valence-electron chi connectivity index (χ3n) is 2.67. The summed E-state index contributed by atoms with van der Waals surface area (Å²) in [5, 5.41) is 0. The summed E-state index contributed by atoms with van der Waals surface area (Å²) in [5.41, 5.74) is 4.49. The topological polar surface area (TPSA) is 52.3 Å². The van der Waals surface area contributed by atoms with E-state index < -0.39 is 29.0 Å². The second-order valence-corrected chi connectivity index (χ2v) is 5.08. The average Bonchev–Trinajstić information content (AvgIpc) is 2.43. The number of hydrogen-bond donors (Lipinski definition) is 1. The molecule has 0 radical (unpaired) electrons. The highest BCUT2D eigenvalue weighted by molar-refractivity contribution is 9.10. The number of nitrogens with two attached hydrogens (primary N) is 1. The third-order valence-corrected chi connectivity index (χ3v) is 3.17. The predicted octanol–water partition coefficient (Wildman–Crippen LogP) is 3.81. The molecule has 0 aliphatic rings. The van der Waals surface area contributed by atoms with Crippen LogP contribution in [0, 0.1) is 17.5 Å². The monoisotopic (exact) mass is 359 g/mol. The van der Waals surface area contributed by atoms with Gasteiger partial charge >= 0.3 is 5.97 Å². The fraction of sp³-hybridized carbons (Fsp3) is 0.0714. The van der Waals surface area contributed by atoms with E-state index in [1.807, 2.05) is 0 Å². The lowest BCUT2D eigenvalue weighted by atomic mass is 10.2. The summed E-state index contributed by atoms with van der Waals surface area (Å²) in [6.45, 7) is -0.388. The zero-order valence-electron chi connectivity index (χ0n) is 10.5. The molecule has 2 aromatic carbocycles. The van der Waals surface area contributed by atoms with Crippen molar-refractivity contribution in [2.75, 3.05) is 5.73 Å². The number of hydrogen-bond acceptors (Lipinski definition) is 3. The van der Waals surface area contributed by atoms with Gasteiger partial charge in [-0.05, 0) is 24.3 Å². The minimum atomic E-state index is -1.10. The van der Waals surface area contributed by atoms with Crippen molar-refractivity contribution < 1.29 is 22.7 Å². The van der Waals surface area contributed by atoms with Gasteiger partial charge in [0.1, 0.15) is 24.1 Å². The van der Waals surface area contributed by atoms with E-state index in [1.165, 1.54) is 18.2 Å². The molecule has 21 heavy (non-hydrogen) atoms. The summed E-state index contributed by atoms with van der Waals surface area (Å²) in [7, 11) is 0. The van der Waals surface area contributed by atoms with Crippen molar-refractivity contribution in [1.29, 1.82) is 0 Å². The van der Waals surface area contributed by atoms with Crippen LogP contribution in [0.25, 0.3) is 0 Å². The number of ether oxygens (including phenoxy) is 1. The van der Waals surface area contributed by atoms with Crippen molar-refractivity contribution in [3.63, 3.8) is 0 Å². The maximum absolute atomic E-state index is 13.5. The van der Waals surface area contributed by atoms with Crippen LogP contribution >= 0.6 is 15.9 Å². The first-order chi connectivity index (χ1) is 9.88. The number of carbonyl (C=O) groups excluding carboxylic acids is 1. The molecular formula is C14H9BrF3NO2. The molecule has 0 aliphatic carbocycles. The molecule has 0 aromatic heterocycles. The molecule has 0 atom stereocenters. The van der Waals surface area contributed by atoms with Crippen molar-refractivity contribution in [2.24, 2.45) is 0 Å². The summed E-state index contributed by atoms with van der Waals surface area (Å²) in [6.07, 6.45) is 0. The van der Waals surface area contributed by atoms with E-state index in [-0.39, 0.29) is 17.9 Å². The van der Waals surface area contributed by atoms with Crippen molar-refractivity contribution in [3.8, 4) is 0 Å². The Morgan fingerprint density at radius 1 is 1.10 bits per heavy atom. The number of benzene rings is 2. The first-order valence-electron chi connectivity index (χ1n) is 5.74. The van der Waals surface area contributed by atoms with E-state index in [9.17, 15) is 18.0 Å². The molecule has 0 saturated heterocycles. The molecule has 2 rings (SSSR count). The number of rotatable bonds is 3. The Kier molecular flexibility index (Phi) is 4.52. The largest absolute Gasteiger partial charge is 0.457 e. The molecule has 0 unspecified atom stereocenters. The predicted molar refractivity (Wildman–Crippen MR) is 74.0 cm³/mol. The summed E-state index contributed by atoms with van der Waals surface area (Å²) >= 11 is 3.15. The summed E-state index contributed by atoms with van der Waals surface area (Å²) in [4.78, 5) is 11.7. The maximum Gasteiger partial charge on any atom is 0.341 e. The van der Waals surface area contributed by atoms with Gasteiger partial charge in [0.15, 0.2) is 0 Å². The summed E-state index contributed by atoms with van der Waals surface area (Å²) in [5.74, 6) is -3.69. The van der Waals surface area contributed by atoms with E-state index in [2.05, 4.69) is 15.9 Å². The highest BCUT2D eigenvalue weighted by atomic mass is 79.9. The second-order valence-electron chi connectivity index (χ2n) is 4.17. The molecule has 2 N–H and O–H groups in total. The van der Waals surface area contributed by atoms with Crippen molar-refractivity contribution in [2.45, 2.75) is 6.61 Å². The second kappa shape index (κ2) is 6.17. The van der Waals surface area contributed by atoms with Crippen LogP contribution in [0.2, 0.25) is 0 Å². The molecule has 7 heteroatoms. The molecule has 0 amide bonds. The van der Waals surface area contributed by atoms with Gasteiger partial charge in [-0.3, -0.25) is 0 Å². The van der Waals surface area contributed by atoms with Gasteiger partial charge in [0.2, 0.25) is 0 Å². The fourth-order valence-electron chi connectivity index (χ4n) is 1.60. The average molecular weight is 360 g/mol. The molecular weight excluding hydrogens is 351 g/mol. The number of nitrogen functional groups attached to an aromatic ring is 1. The van der Waals surface area contributed by atoms with Gasteiger partial charge in [0.25, 0.3) is 0 Å². The highest BCUT2D eigenvalue weighted by Crippen LogP contribution is 2.20. The van der Waals surface area contributed by atoms with Gasteiger partial charge in [0.05, 0.1) is 11.3 Å². The molecule has 0 fully saturated rings.